The van der Waals surface area contributed by atoms with Crippen LogP contribution in [0, 0.1) is 0 Å². The number of thiophene rings is 1. The van der Waals surface area contributed by atoms with E-state index < -0.39 is 0 Å². The highest BCUT2D eigenvalue weighted by Crippen LogP contribution is 2.53. The van der Waals surface area contributed by atoms with E-state index in [0.29, 0.717) is 0 Å². The fourth-order valence-corrected chi connectivity index (χ4v) is 9.56. The van der Waals surface area contributed by atoms with Crippen LogP contribution in [-0.4, -0.2) is 14.4 Å². The van der Waals surface area contributed by atoms with E-state index in [1.807, 2.05) is 23.5 Å². The third-order valence-corrected chi connectivity index (χ3v) is 11.4. The van der Waals surface area contributed by atoms with Crippen LogP contribution in [-0.2, 0) is 5.41 Å². The van der Waals surface area contributed by atoms with E-state index in [1.54, 1.807) is 0 Å². The highest BCUT2D eigenvalue weighted by Gasteiger charge is 2.37. The Labute approximate surface area is 262 Å². The Morgan fingerprint density at radius 2 is 1.36 bits per heavy atom. The number of rotatable bonds is 1. The fraction of sp³-hybridized carbons (Fsp3) is 0.0732. The molecule has 0 spiro atoms. The highest BCUT2D eigenvalue weighted by atomic mass is 32.1. The minimum absolute atomic E-state index is 0.0868. The molecule has 0 aliphatic heterocycles. The molecule has 0 amide bonds. The fourth-order valence-electron chi connectivity index (χ4n) is 8.41. The van der Waals surface area contributed by atoms with Gasteiger partial charge in [-0.2, -0.15) is 0 Å². The molecule has 10 aromatic rings. The quantitative estimate of drug-likeness (QED) is 0.190. The Bertz CT molecular complexity index is 2910. The number of para-hydroxylation sites is 2. The van der Waals surface area contributed by atoms with Gasteiger partial charge in [0.15, 0.2) is 5.65 Å². The van der Waals surface area contributed by atoms with Gasteiger partial charge in [0.05, 0.1) is 22.1 Å². The predicted octanol–water partition coefficient (Wildman–Crippen LogP) is 11.1. The standard InChI is InChI=1S/C41H25N3S/c1-41(2)29-14-5-3-10-24(29)25-13-9-12-23(37(25)41)22-18-19-32-27(20-22)36-35-26-11-4-8-17-33(26)45-34(35)21-28-38-40(44(32)39(28)36)43-31-16-7-6-15-30(31)42-38/h3-21H,1-2H3. The molecule has 11 rings (SSSR count). The number of fused-ring (bicyclic) bond motifs is 14. The molecule has 1 aliphatic carbocycles. The van der Waals surface area contributed by atoms with Gasteiger partial charge in [-0.05, 0) is 69.8 Å². The van der Waals surface area contributed by atoms with Crippen LogP contribution in [0.5, 0.6) is 0 Å². The van der Waals surface area contributed by atoms with E-state index in [0.717, 1.165) is 22.2 Å². The minimum atomic E-state index is -0.0868. The highest BCUT2D eigenvalue weighted by molar-refractivity contribution is 7.26. The van der Waals surface area contributed by atoms with Crippen LogP contribution in [0.25, 0.3) is 91.8 Å². The largest absolute Gasteiger partial charge is 0.291 e. The molecule has 3 nitrogen and oxygen atoms in total. The summed E-state index contributed by atoms with van der Waals surface area (Å²) in [7, 11) is 0. The summed E-state index contributed by atoms with van der Waals surface area (Å²) in [6.07, 6.45) is 0. The molecule has 210 valence electrons. The summed E-state index contributed by atoms with van der Waals surface area (Å²) in [6, 6.07) is 42.2. The summed E-state index contributed by atoms with van der Waals surface area (Å²) in [4.78, 5) is 10.4. The Kier molecular flexibility index (Phi) is 4.29. The van der Waals surface area contributed by atoms with Gasteiger partial charge in [0.2, 0.25) is 0 Å². The van der Waals surface area contributed by atoms with Crippen molar-refractivity contribution in [2.45, 2.75) is 19.3 Å². The molecule has 4 heterocycles. The Morgan fingerprint density at radius 3 is 2.27 bits per heavy atom. The zero-order valence-corrected chi connectivity index (χ0v) is 25.5. The summed E-state index contributed by atoms with van der Waals surface area (Å²) in [6.45, 7) is 4.74. The maximum Gasteiger partial charge on any atom is 0.165 e. The van der Waals surface area contributed by atoms with Gasteiger partial charge < -0.3 is 0 Å². The zero-order chi connectivity index (χ0) is 29.6. The van der Waals surface area contributed by atoms with Crippen LogP contribution in [0.15, 0.2) is 115 Å². The van der Waals surface area contributed by atoms with Crippen molar-refractivity contribution in [1.29, 1.82) is 0 Å². The van der Waals surface area contributed by atoms with E-state index in [2.05, 4.69) is 121 Å². The first kappa shape index (κ1) is 24.1. The van der Waals surface area contributed by atoms with Crippen LogP contribution < -0.4 is 0 Å². The maximum absolute atomic E-state index is 5.23. The molecule has 0 atom stereocenters. The van der Waals surface area contributed by atoms with Crippen molar-refractivity contribution in [3.8, 4) is 22.3 Å². The Morgan fingerprint density at radius 1 is 0.600 bits per heavy atom. The molecule has 4 heteroatoms. The average molecular weight is 592 g/mol. The molecule has 0 radical (unpaired) electrons. The van der Waals surface area contributed by atoms with Crippen molar-refractivity contribution in [1.82, 2.24) is 14.4 Å². The monoisotopic (exact) mass is 591 g/mol. The first-order chi connectivity index (χ1) is 22.1. The molecule has 0 fully saturated rings. The van der Waals surface area contributed by atoms with Gasteiger partial charge in [0, 0.05) is 41.7 Å². The molecule has 45 heavy (non-hydrogen) atoms. The lowest BCUT2D eigenvalue weighted by Gasteiger charge is -2.24. The Balaban J connectivity index is 1.31. The van der Waals surface area contributed by atoms with E-state index in [-0.39, 0.29) is 5.41 Å². The average Bonchev–Trinajstić information content (AvgIpc) is 3.77. The van der Waals surface area contributed by atoms with E-state index in [1.165, 1.54) is 80.7 Å². The lowest BCUT2D eigenvalue weighted by Crippen LogP contribution is -2.16. The molecule has 6 aromatic carbocycles. The molecule has 1 aliphatic rings. The van der Waals surface area contributed by atoms with Crippen LogP contribution in [0.4, 0.5) is 0 Å². The number of hydrogen-bond donors (Lipinski definition) is 0. The van der Waals surface area contributed by atoms with Gasteiger partial charge in [-0.3, -0.25) is 4.40 Å². The number of nitrogens with zero attached hydrogens (tertiary/aromatic N) is 3. The zero-order valence-electron chi connectivity index (χ0n) is 24.7. The van der Waals surface area contributed by atoms with Crippen molar-refractivity contribution in [2.24, 2.45) is 0 Å². The van der Waals surface area contributed by atoms with Crippen LogP contribution >= 0.6 is 11.3 Å². The summed E-state index contributed by atoms with van der Waals surface area (Å²) in [5.74, 6) is 0. The molecule has 0 saturated heterocycles. The summed E-state index contributed by atoms with van der Waals surface area (Å²) < 4.78 is 4.98. The van der Waals surface area contributed by atoms with Crippen molar-refractivity contribution < 1.29 is 0 Å². The van der Waals surface area contributed by atoms with Gasteiger partial charge in [-0.25, -0.2) is 9.97 Å². The molecule has 4 aromatic heterocycles. The third-order valence-electron chi connectivity index (χ3n) is 10.3. The number of benzene rings is 6. The van der Waals surface area contributed by atoms with Crippen molar-refractivity contribution in [3.63, 3.8) is 0 Å². The molecule has 0 unspecified atom stereocenters. The third kappa shape index (κ3) is 2.87. The maximum atomic E-state index is 5.23. The van der Waals surface area contributed by atoms with Gasteiger partial charge >= 0.3 is 0 Å². The lowest BCUT2D eigenvalue weighted by molar-refractivity contribution is 0.662. The Hall–Kier alpha value is -5.32. The summed E-state index contributed by atoms with van der Waals surface area (Å²) in [5.41, 5.74) is 14.1. The van der Waals surface area contributed by atoms with Crippen molar-refractivity contribution in [2.75, 3.05) is 0 Å². The van der Waals surface area contributed by atoms with E-state index >= 15 is 0 Å². The van der Waals surface area contributed by atoms with Gasteiger partial charge in [-0.15, -0.1) is 11.3 Å². The predicted molar refractivity (Wildman–Crippen MR) is 190 cm³/mol. The first-order valence-electron chi connectivity index (χ1n) is 15.5. The molecular weight excluding hydrogens is 567 g/mol. The second kappa shape index (κ2) is 8.03. The summed E-state index contributed by atoms with van der Waals surface area (Å²) in [5, 5.41) is 6.39. The molecule has 0 N–H and O–H groups in total. The first-order valence-corrected chi connectivity index (χ1v) is 16.3. The molecule has 0 bridgehead atoms. The van der Waals surface area contributed by atoms with Crippen molar-refractivity contribution >= 4 is 80.9 Å². The minimum Gasteiger partial charge on any atom is -0.291 e. The van der Waals surface area contributed by atoms with Crippen LogP contribution in [0.3, 0.4) is 0 Å². The van der Waals surface area contributed by atoms with Crippen LogP contribution in [0.2, 0.25) is 0 Å². The van der Waals surface area contributed by atoms with Gasteiger partial charge in [-0.1, -0.05) is 92.7 Å². The number of aromatic nitrogens is 3. The van der Waals surface area contributed by atoms with E-state index in [9.17, 15) is 0 Å². The lowest BCUT2D eigenvalue weighted by atomic mass is 9.79. The van der Waals surface area contributed by atoms with E-state index in [4.69, 9.17) is 9.97 Å². The second-order valence-electron chi connectivity index (χ2n) is 13.0. The van der Waals surface area contributed by atoms with Crippen LogP contribution in [0.1, 0.15) is 25.0 Å². The number of hydrogen-bond acceptors (Lipinski definition) is 3. The summed E-state index contributed by atoms with van der Waals surface area (Å²) >= 11 is 1.87. The van der Waals surface area contributed by atoms with Crippen molar-refractivity contribution in [3.05, 3.63) is 126 Å². The molecular formula is C41H25N3S. The molecule has 0 saturated carbocycles. The topological polar surface area (TPSA) is 30.2 Å². The SMILES string of the molecule is CC1(C)c2ccccc2-c2cccc(-c3ccc4c(c3)c3c5c(cc6c7nc8ccccc8nc7n4c63)sc3ccccc35)c21. The second-order valence-corrected chi connectivity index (χ2v) is 14.1. The normalized spacial score (nSPS) is 14.2. The van der Waals surface area contributed by atoms with Gasteiger partial charge in [0.25, 0.3) is 0 Å². The smallest absolute Gasteiger partial charge is 0.165 e. The van der Waals surface area contributed by atoms with Gasteiger partial charge in [0.1, 0.15) is 5.52 Å².